The van der Waals surface area contributed by atoms with E-state index in [4.69, 9.17) is 0 Å². The van der Waals surface area contributed by atoms with Crippen LogP contribution in [-0.2, 0) is 20.8 Å². The number of hydrogen-bond acceptors (Lipinski definition) is 4. The van der Waals surface area contributed by atoms with Crippen LogP contribution in [-0.4, -0.2) is 55.3 Å². The predicted molar refractivity (Wildman–Crippen MR) is 96.1 cm³/mol. The minimum absolute atomic E-state index is 0.0664. The van der Waals surface area contributed by atoms with Crippen LogP contribution in [0.25, 0.3) is 0 Å². The number of rotatable bonds is 9. The van der Waals surface area contributed by atoms with Gasteiger partial charge in [0.25, 0.3) is 0 Å². The normalized spacial score (nSPS) is 13.4. The number of para-hydroxylation sites is 1. The van der Waals surface area contributed by atoms with Crippen molar-refractivity contribution in [3.63, 3.8) is 0 Å². The van der Waals surface area contributed by atoms with Gasteiger partial charge in [0.15, 0.2) is 0 Å². The Labute approximate surface area is 148 Å². The van der Waals surface area contributed by atoms with Crippen molar-refractivity contribution in [2.75, 3.05) is 32.0 Å². The van der Waals surface area contributed by atoms with E-state index in [2.05, 4.69) is 16.0 Å². The lowest BCUT2D eigenvalue weighted by molar-refractivity contribution is -0.126. The Hall–Kier alpha value is -2.41. The van der Waals surface area contributed by atoms with Crippen LogP contribution < -0.4 is 16.0 Å². The highest BCUT2D eigenvalue weighted by Crippen LogP contribution is 2.18. The van der Waals surface area contributed by atoms with Crippen molar-refractivity contribution in [3.05, 3.63) is 29.8 Å². The summed E-state index contributed by atoms with van der Waals surface area (Å²) in [7, 11) is 1.70. The molecule has 0 aliphatic heterocycles. The Bertz CT molecular complexity index is 629. The lowest BCUT2D eigenvalue weighted by Gasteiger charge is -2.16. The summed E-state index contributed by atoms with van der Waals surface area (Å²) in [6, 6.07) is 7.88. The molecule has 1 aromatic carbocycles. The van der Waals surface area contributed by atoms with Crippen molar-refractivity contribution < 1.29 is 14.4 Å². The number of hydrogen-bond donors (Lipinski definition) is 3. The van der Waals surface area contributed by atoms with Crippen LogP contribution in [0.5, 0.6) is 0 Å². The molecule has 1 aliphatic rings. The van der Waals surface area contributed by atoms with E-state index in [1.54, 1.807) is 11.9 Å². The maximum atomic E-state index is 12.0. The van der Waals surface area contributed by atoms with Gasteiger partial charge in [-0.1, -0.05) is 25.1 Å². The summed E-state index contributed by atoms with van der Waals surface area (Å²) < 4.78 is 0. The number of nitrogens with zero attached hydrogens (tertiary/aromatic N) is 1. The molecule has 0 saturated heterocycles. The largest absolute Gasteiger partial charge is 0.352 e. The van der Waals surface area contributed by atoms with Crippen LogP contribution in [0.15, 0.2) is 24.3 Å². The molecule has 1 aliphatic carbocycles. The van der Waals surface area contributed by atoms with Crippen LogP contribution in [0.3, 0.4) is 0 Å². The number of aryl methyl sites for hydroxylation is 1. The van der Waals surface area contributed by atoms with Gasteiger partial charge in [0.05, 0.1) is 19.6 Å². The Morgan fingerprint density at radius 2 is 1.76 bits per heavy atom. The average Bonchev–Trinajstić information content (AvgIpc) is 3.37. The van der Waals surface area contributed by atoms with E-state index < -0.39 is 0 Å². The Kier molecular flexibility index (Phi) is 6.94. The molecule has 0 spiro atoms. The topological polar surface area (TPSA) is 90.5 Å². The van der Waals surface area contributed by atoms with Gasteiger partial charge in [-0.15, -0.1) is 0 Å². The first-order chi connectivity index (χ1) is 12.0. The maximum absolute atomic E-state index is 12.0. The molecular formula is C18H26N4O3. The van der Waals surface area contributed by atoms with Gasteiger partial charge < -0.3 is 16.0 Å². The summed E-state index contributed by atoms with van der Waals surface area (Å²) in [5.41, 5.74) is 1.81. The van der Waals surface area contributed by atoms with Gasteiger partial charge in [0.2, 0.25) is 17.7 Å². The Morgan fingerprint density at radius 1 is 1.08 bits per heavy atom. The third-order valence-corrected chi connectivity index (χ3v) is 3.89. The number of amides is 3. The second-order valence-corrected chi connectivity index (χ2v) is 6.35. The molecule has 0 bridgehead atoms. The highest BCUT2D eigenvalue weighted by atomic mass is 16.2. The highest BCUT2D eigenvalue weighted by Gasteiger charge is 2.23. The molecule has 3 amide bonds. The monoisotopic (exact) mass is 346 g/mol. The van der Waals surface area contributed by atoms with Crippen LogP contribution in [0, 0.1) is 0 Å². The van der Waals surface area contributed by atoms with Crippen LogP contribution in [0.2, 0.25) is 0 Å². The fourth-order valence-electron chi connectivity index (χ4n) is 2.43. The van der Waals surface area contributed by atoms with Crippen molar-refractivity contribution >= 4 is 23.4 Å². The van der Waals surface area contributed by atoms with E-state index in [1.165, 1.54) is 0 Å². The van der Waals surface area contributed by atoms with E-state index in [-0.39, 0.29) is 37.4 Å². The highest BCUT2D eigenvalue weighted by molar-refractivity contribution is 5.95. The van der Waals surface area contributed by atoms with Gasteiger partial charge in [-0.3, -0.25) is 19.3 Å². The summed E-state index contributed by atoms with van der Waals surface area (Å²) >= 11 is 0. The predicted octanol–water partition coefficient (Wildman–Crippen LogP) is 0.514. The molecule has 1 saturated carbocycles. The number of benzene rings is 1. The third-order valence-electron chi connectivity index (χ3n) is 3.89. The molecule has 0 heterocycles. The second-order valence-electron chi connectivity index (χ2n) is 6.35. The molecule has 136 valence electrons. The van der Waals surface area contributed by atoms with Crippen molar-refractivity contribution in [2.24, 2.45) is 0 Å². The molecule has 0 radical (unpaired) electrons. The van der Waals surface area contributed by atoms with E-state index in [9.17, 15) is 14.4 Å². The molecule has 1 fully saturated rings. The lowest BCUT2D eigenvalue weighted by Crippen LogP contribution is -2.43. The van der Waals surface area contributed by atoms with E-state index >= 15 is 0 Å². The molecule has 7 nitrogen and oxygen atoms in total. The third kappa shape index (κ3) is 6.93. The SMILES string of the molecule is CCc1ccccc1NC(=O)CNC(=O)CN(C)CC(=O)NC1CC1. The van der Waals surface area contributed by atoms with Crippen molar-refractivity contribution in [2.45, 2.75) is 32.2 Å². The van der Waals surface area contributed by atoms with E-state index in [0.29, 0.717) is 6.04 Å². The zero-order valence-corrected chi connectivity index (χ0v) is 14.8. The molecule has 3 N–H and O–H groups in total. The van der Waals surface area contributed by atoms with Gasteiger partial charge in [-0.25, -0.2) is 0 Å². The van der Waals surface area contributed by atoms with Gasteiger partial charge >= 0.3 is 0 Å². The molecule has 0 unspecified atom stereocenters. The van der Waals surface area contributed by atoms with E-state index in [0.717, 1.165) is 30.5 Å². The van der Waals surface area contributed by atoms with Crippen molar-refractivity contribution in [3.8, 4) is 0 Å². The number of carbonyl (C=O) groups excluding carboxylic acids is 3. The molecule has 0 atom stereocenters. The second kappa shape index (κ2) is 9.17. The summed E-state index contributed by atoms with van der Waals surface area (Å²) in [6.45, 7) is 2.15. The lowest BCUT2D eigenvalue weighted by atomic mass is 10.1. The van der Waals surface area contributed by atoms with Gasteiger partial charge in [-0.2, -0.15) is 0 Å². The first-order valence-electron chi connectivity index (χ1n) is 8.60. The maximum Gasteiger partial charge on any atom is 0.243 e. The van der Waals surface area contributed by atoms with Crippen LogP contribution in [0.1, 0.15) is 25.3 Å². The molecule has 7 heteroatoms. The smallest absolute Gasteiger partial charge is 0.243 e. The first-order valence-corrected chi connectivity index (χ1v) is 8.60. The fraction of sp³-hybridized carbons (Fsp3) is 0.500. The summed E-state index contributed by atoms with van der Waals surface area (Å²) in [4.78, 5) is 37.1. The summed E-state index contributed by atoms with van der Waals surface area (Å²) in [5.74, 6) is -0.643. The molecular weight excluding hydrogens is 320 g/mol. The number of carbonyl (C=O) groups is 3. The van der Waals surface area contributed by atoms with Gasteiger partial charge in [0, 0.05) is 11.7 Å². The summed E-state index contributed by atoms with van der Waals surface area (Å²) in [6.07, 6.45) is 2.88. The van der Waals surface area contributed by atoms with Gasteiger partial charge in [-0.05, 0) is 37.9 Å². The molecule has 2 rings (SSSR count). The fourth-order valence-corrected chi connectivity index (χ4v) is 2.43. The van der Waals surface area contributed by atoms with Crippen LogP contribution >= 0.6 is 0 Å². The molecule has 1 aromatic rings. The molecule has 25 heavy (non-hydrogen) atoms. The Morgan fingerprint density at radius 3 is 2.44 bits per heavy atom. The minimum Gasteiger partial charge on any atom is -0.352 e. The Balaban J connectivity index is 1.67. The summed E-state index contributed by atoms with van der Waals surface area (Å²) in [5, 5.41) is 8.24. The van der Waals surface area contributed by atoms with E-state index in [1.807, 2.05) is 31.2 Å². The van der Waals surface area contributed by atoms with Crippen molar-refractivity contribution in [1.82, 2.24) is 15.5 Å². The zero-order chi connectivity index (χ0) is 18.2. The van der Waals surface area contributed by atoms with Gasteiger partial charge in [0.1, 0.15) is 0 Å². The van der Waals surface area contributed by atoms with Crippen LogP contribution in [0.4, 0.5) is 5.69 Å². The quantitative estimate of drug-likeness (QED) is 0.608. The van der Waals surface area contributed by atoms with Crippen molar-refractivity contribution in [1.29, 1.82) is 0 Å². The molecule has 0 aromatic heterocycles. The zero-order valence-electron chi connectivity index (χ0n) is 14.8. The minimum atomic E-state index is -0.291. The standard InChI is InChI=1S/C18H26N4O3/c1-3-13-6-4-5-7-15(13)21-16(23)10-19-17(24)11-22(2)12-18(25)20-14-8-9-14/h4-7,14H,3,8-12H2,1-2H3,(H,19,24)(H,20,25)(H,21,23). The number of nitrogens with one attached hydrogen (secondary N) is 3. The number of likely N-dealkylation sites (N-methyl/N-ethyl adjacent to an activating group) is 1. The average molecular weight is 346 g/mol. The first kappa shape index (κ1) is 18.9. The number of anilines is 1.